The topological polar surface area (TPSA) is 113 Å². The molecule has 44 heavy (non-hydrogen) atoms. The Balaban J connectivity index is 0.000000583. The average Bonchev–Trinajstić information content (AvgIpc) is 3.36. The Hall–Kier alpha value is -3.55. The van der Waals surface area contributed by atoms with Crippen molar-refractivity contribution in [2.24, 2.45) is 0 Å². The molecule has 3 N–H and O–H groups in total. The number of hydrogen-bond donors (Lipinski definition) is 3. The number of halogens is 4. The third kappa shape index (κ3) is 9.23. The number of amides is 1. The lowest BCUT2D eigenvalue weighted by Gasteiger charge is -2.34. The molecule has 2 heterocycles. The summed E-state index contributed by atoms with van der Waals surface area (Å²) in [6.07, 6.45) is 0.597. The highest BCUT2D eigenvalue weighted by Gasteiger charge is 2.40. The van der Waals surface area contributed by atoms with E-state index in [0.717, 1.165) is 39.4 Å². The van der Waals surface area contributed by atoms with Gasteiger partial charge in [-0.3, -0.25) is 19.1 Å². The molecule has 0 aliphatic carbocycles. The van der Waals surface area contributed by atoms with Gasteiger partial charge in [0.1, 0.15) is 17.3 Å². The first-order chi connectivity index (χ1) is 20.7. The molecule has 1 fully saturated rings. The molecular formula is C29H35F4N3O7P+. The third-order valence-electron chi connectivity index (χ3n) is 7.09. The number of quaternary nitrogens is 1. The van der Waals surface area contributed by atoms with Gasteiger partial charge in [-0.15, -0.1) is 0 Å². The molecule has 2 unspecified atom stereocenters. The third-order valence-corrected chi connectivity index (χ3v) is 7.45. The first-order valence-electron chi connectivity index (χ1n) is 13.5. The Morgan fingerprint density at radius 3 is 2.41 bits per heavy atom. The second-order valence-electron chi connectivity index (χ2n) is 9.99. The van der Waals surface area contributed by atoms with Gasteiger partial charge in [-0.05, 0) is 61.2 Å². The van der Waals surface area contributed by atoms with Gasteiger partial charge in [-0.2, -0.15) is 13.2 Å². The van der Waals surface area contributed by atoms with Crippen molar-refractivity contribution in [2.45, 2.75) is 38.9 Å². The summed E-state index contributed by atoms with van der Waals surface area (Å²) < 4.78 is 60.3. The summed E-state index contributed by atoms with van der Waals surface area (Å²) in [6, 6.07) is 12.0. The number of ether oxygens (including phenoxy) is 2. The van der Waals surface area contributed by atoms with Crippen molar-refractivity contribution in [1.29, 1.82) is 0 Å². The number of methoxy groups -OCH3 is 2. The molecule has 0 spiro atoms. The van der Waals surface area contributed by atoms with Crippen LogP contribution in [0.15, 0.2) is 59.9 Å². The summed E-state index contributed by atoms with van der Waals surface area (Å²) in [7, 11) is -0.110. The minimum absolute atomic E-state index is 0.00816. The van der Waals surface area contributed by atoms with Gasteiger partial charge < -0.3 is 24.2 Å². The number of benzene rings is 2. The second kappa shape index (κ2) is 15.4. The zero-order valence-electron chi connectivity index (χ0n) is 24.6. The fourth-order valence-corrected chi connectivity index (χ4v) is 5.02. The van der Waals surface area contributed by atoms with Crippen LogP contribution in [-0.4, -0.2) is 66.9 Å². The zero-order chi connectivity index (χ0) is 32.6. The predicted molar refractivity (Wildman–Crippen MR) is 154 cm³/mol. The number of hydrogen-bond acceptors (Lipinski definition) is 8. The number of carbonyl (C=O) groups is 2. The van der Waals surface area contributed by atoms with Crippen LogP contribution in [0.25, 0.3) is 6.08 Å². The fraction of sp³-hybridized carbons (Fsp3) is 0.379. The van der Waals surface area contributed by atoms with Crippen LogP contribution < -0.4 is 14.5 Å². The van der Waals surface area contributed by atoms with Crippen molar-refractivity contribution in [3.05, 3.63) is 76.9 Å². The van der Waals surface area contributed by atoms with Crippen LogP contribution in [0, 0.1) is 5.82 Å². The smallest absolute Gasteiger partial charge is 0.490 e. The van der Waals surface area contributed by atoms with Gasteiger partial charge in [-0.25, -0.2) is 9.18 Å². The molecule has 2 aromatic carbocycles. The Bertz CT molecular complexity index is 1370. The minimum atomic E-state index is -4.85. The Labute approximate surface area is 253 Å². The molecule has 0 radical (unpaired) electrons. The first-order valence-corrected chi connectivity index (χ1v) is 14.6. The molecule has 0 aromatic heterocycles. The van der Waals surface area contributed by atoms with Gasteiger partial charge in [0.15, 0.2) is 13.4 Å². The Kier molecular flexibility index (Phi) is 12.3. The number of nitrogens with one attached hydrogen (secondary N) is 1. The summed E-state index contributed by atoms with van der Waals surface area (Å²) in [4.78, 5) is 45.7. The molecule has 0 saturated carbocycles. The number of carbonyl (C=O) groups excluding carboxylic acids is 2. The van der Waals surface area contributed by atoms with Crippen molar-refractivity contribution < 1.29 is 55.8 Å². The number of nitrogens with zero attached hydrogens (tertiary/aromatic N) is 2. The van der Waals surface area contributed by atoms with Gasteiger partial charge in [0.25, 0.3) is 0 Å². The van der Waals surface area contributed by atoms with Gasteiger partial charge >= 0.3 is 20.7 Å². The van der Waals surface area contributed by atoms with Crippen LogP contribution in [0.2, 0.25) is 0 Å². The van der Waals surface area contributed by atoms with Crippen LogP contribution >= 0.6 is 8.60 Å². The average molecular weight is 645 g/mol. The number of allylic oxidation sites excluding steroid dienone is 1. The van der Waals surface area contributed by atoms with Gasteiger partial charge in [-0.1, -0.05) is 18.2 Å². The number of rotatable bonds is 8. The van der Waals surface area contributed by atoms with E-state index in [-0.39, 0.29) is 24.5 Å². The summed E-state index contributed by atoms with van der Waals surface area (Å²) in [5.41, 5.74) is 4.38. The lowest BCUT2D eigenvalue weighted by Crippen LogP contribution is -3.09. The van der Waals surface area contributed by atoms with E-state index < -0.39 is 20.7 Å². The second-order valence-corrected chi connectivity index (χ2v) is 10.8. The normalized spacial score (nSPS) is 18.6. The molecule has 2 atom stereocenters. The molecule has 2 aliphatic rings. The van der Waals surface area contributed by atoms with Crippen molar-refractivity contribution >= 4 is 32.2 Å². The summed E-state index contributed by atoms with van der Waals surface area (Å²) >= 11 is 0. The maximum atomic E-state index is 13.3. The number of likely N-dealkylation sites (tertiary alicyclic amines) is 1. The van der Waals surface area contributed by atoms with E-state index in [1.165, 1.54) is 12.1 Å². The quantitative estimate of drug-likeness (QED) is 0.171. The molecular weight excluding hydrogens is 609 g/mol. The summed E-state index contributed by atoms with van der Waals surface area (Å²) in [5, 5.41) is 0. The van der Waals surface area contributed by atoms with Gasteiger partial charge in [0.2, 0.25) is 5.91 Å². The number of esters is 1. The van der Waals surface area contributed by atoms with Crippen molar-refractivity contribution in [3.8, 4) is 5.75 Å². The van der Waals surface area contributed by atoms with Crippen LogP contribution in [0.4, 0.5) is 23.2 Å². The lowest BCUT2D eigenvalue weighted by molar-refractivity contribution is -0.871. The Morgan fingerprint density at radius 1 is 1.16 bits per heavy atom. The highest BCUT2D eigenvalue weighted by Crippen LogP contribution is 2.33. The van der Waals surface area contributed by atoms with E-state index in [4.69, 9.17) is 19.0 Å². The van der Waals surface area contributed by atoms with Gasteiger partial charge in [0.05, 0.1) is 32.1 Å². The fourth-order valence-electron chi connectivity index (χ4n) is 4.75. The van der Waals surface area contributed by atoms with E-state index >= 15 is 0 Å². The monoisotopic (exact) mass is 644 g/mol. The number of anilines is 1. The Morgan fingerprint density at radius 2 is 1.84 bits per heavy atom. The number of piperidine rings is 1. The van der Waals surface area contributed by atoms with E-state index in [1.807, 2.05) is 54.1 Å². The highest BCUT2D eigenvalue weighted by molar-refractivity contribution is 7.39. The largest absolute Gasteiger partial charge is 0.495 e. The molecule has 1 amide bonds. The molecule has 2 aliphatic heterocycles. The standard InChI is InChI=1S/C26H31FN3O5P.C3H3F3O2/c1-18-15-28(16-29(18)17-35-36(32)33)24-11-6-20(14-25(24)34-3)13-22-5-4-12-30(26(22)31)19(2)21-7-9-23(27)10-8-21;1-8-2(7)3(4,5)6/h6-11,13-15,19,32-33H,4-5,12,16-17H2,1-3H3;1H3/p+1/b22-13+;. The molecule has 240 valence electrons. The molecule has 2 aromatic rings. The summed E-state index contributed by atoms with van der Waals surface area (Å²) in [6.45, 7) is 5.29. The zero-order valence-corrected chi connectivity index (χ0v) is 25.5. The molecule has 0 bridgehead atoms. The summed E-state index contributed by atoms with van der Waals surface area (Å²) in [5.74, 6) is -1.80. The van der Waals surface area contributed by atoms with Crippen LogP contribution in [-0.2, 0) is 18.8 Å². The maximum Gasteiger partial charge on any atom is 0.490 e. The van der Waals surface area contributed by atoms with Crippen molar-refractivity contribution in [3.63, 3.8) is 0 Å². The van der Waals surface area contributed by atoms with Crippen LogP contribution in [0.1, 0.15) is 43.9 Å². The molecule has 15 heteroatoms. The van der Waals surface area contributed by atoms with Crippen molar-refractivity contribution in [2.75, 3.05) is 39.1 Å². The van der Waals surface area contributed by atoms with E-state index in [9.17, 15) is 27.2 Å². The molecule has 4 rings (SSSR count). The van der Waals surface area contributed by atoms with Gasteiger partial charge in [0, 0.05) is 19.0 Å². The van der Waals surface area contributed by atoms with E-state index in [1.54, 1.807) is 19.2 Å². The van der Waals surface area contributed by atoms with Crippen LogP contribution in [0.3, 0.4) is 0 Å². The van der Waals surface area contributed by atoms with Crippen LogP contribution in [0.5, 0.6) is 5.75 Å². The SMILES string of the molecule is COC(=O)C(F)(F)F.COc1cc(/C=C2\CCCN(C(C)c3ccc(F)cc3)C2=O)ccc1N1C=C(C)[NH+](COP(O)O)C1. The maximum absolute atomic E-state index is 13.3. The molecule has 10 nitrogen and oxygen atoms in total. The lowest BCUT2D eigenvalue weighted by atomic mass is 9.97. The minimum Gasteiger partial charge on any atom is -0.495 e. The predicted octanol–water partition coefficient (Wildman–Crippen LogP) is 4.03. The molecule has 1 saturated heterocycles. The highest BCUT2D eigenvalue weighted by atomic mass is 31.2. The van der Waals surface area contributed by atoms with E-state index in [0.29, 0.717) is 32.5 Å². The van der Waals surface area contributed by atoms with Crippen molar-refractivity contribution in [1.82, 2.24) is 4.90 Å². The number of alkyl halides is 3. The van der Waals surface area contributed by atoms with E-state index in [2.05, 4.69) is 4.74 Å². The first kappa shape index (κ1) is 34.9.